The molecule has 1 atom stereocenters. The maximum absolute atomic E-state index is 11.7. The molecule has 0 amide bonds. The average molecular weight is 242 g/mol. The molecule has 0 N–H and O–H groups in total. The minimum absolute atomic E-state index is 0.0165. The van der Waals surface area contributed by atoms with Crippen molar-refractivity contribution in [1.29, 1.82) is 0 Å². The van der Waals surface area contributed by atoms with Gasteiger partial charge in [-0.3, -0.25) is 9.69 Å². The number of carbonyl (C=O) groups is 1. The molecule has 1 saturated heterocycles. The van der Waals surface area contributed by atoms with E-state index in [1.54, 1.807) is 0 Å². The van der Waals surface area contributed by atoms with Crippen LogP contribution in [0, 0.1) is 0 Å². The van der Waals surface area contributed by atoms with Crippen LogP contribution in [0.15, 0.2) is 0 Å². The SMILES string of the molecule is CCC1CN(C)CCCN1CC(=O)OC(C)C. The second kappa shape index (κ2) is 6.97. The molecule has 0 radical (unpaired) electrons. The van der Waals surface area contributed by atoms with Gasteiger partial charge in [0.15, 0.2) is 0 Å². The summed E-state index contributed by atoms with van der Waals surface area (Å²) in [6, 6.07) is 0.474. The Labute approximate surface area is 105 Å². The summed E-state index contributed by atoms with van der Waals surface area (Å²) in [6.45, 7) is 9.57. The molecule has 1 heterocycles. The lowest BCUT2D eigenvalue weighted by molar-refractivity contribution is -0.149. The van der Waals surface area contributed by atoms with Gasteiger partial charge in [0, 0.05) is 19.1 Å². The molecule has 17 heavy (non-hydrogen) atoms. The van der Waals surface area contributed by atoms with Crippen molar-refractivity contribution in [1.82, 2.24) is 9.80 Å². The zero-order chi connectivity index (χ0) is 12.8. The van der Waals surface area contributed by atoms with E-state index in [9.17, 15) is 4.79 Å². The van der Waals surface area contributed by atoms with Crippen molar-refractivity contribution in [3.05, 3.63) is 0 Å². The molecule has 0 aromatic heterocycles. The van der Waals surface area contributed by atoms with Gasteiger partial charge in [-0.05, 0) is 40.3 Å². The van der Waals surface area contributed by atoms with E-state index in [0.717, 1.165) is 32.5 Å². The topological polar surface area (TPSA) is 32.8 Å². The number of hydrogen-bond acceptors (Lipinski definition) is 4. The van der Waals surface area contributed by atoms with Gasteiger partial charge in [0.05, 0.1) is 12.6 Å². The fourth-order valence-electron chi connectivity index (χ4n) is 2.35. The molecule has 0 bridgehead atoms. The third kappa shape index (κ3) is 5.04. The van der Waals surface area contributed by atoms with E-state index in [1.807, 2.05) is 13.8 Å². The van der Waals surface area contributed by atoms with Crippen molar-refractivity contribution in [3.8, 4) is 0 Å². The van der Waals surface area contributed by atoms with Crippen LogP contribution in [0.25, 0.3) is 0 Å². The van der Waals surface area contributed by atoms with Crippen LogP contribution in [0.2, 0.25) is 0 Å². The first kappa shape index (κ1) is 14.5. The first-order chi connectivity index (χ1) is 8.02. The monoisotopic (exact) mass is 242 g/mol. The molecule has 0 aromatic rings. The number of carbonyl (C=O) groups excluding carboxylic acids is 1. The Morgan fingerprint density at radius 3 is 2.71 bits per heavy atom. The van der Waals surface area contributed by atoms with E-state index in [-0.39, 0.29) is 12.1 Å². The largest absolute Gasteiger partial charge is 0.462 e. The van der Waals surface area contributed by atoms with E-state index in [2.05, 4.69) is 23.8 Å². The van der Waals surface area contributed by atoms with E-state index in [0.29, 0.717) is 12.6 Å². The van der Waals surface area contributed by atoms with Crippen LogP contribution in [0.1, 0.15) is 33.6 Å². The van der Waals surface area contributed by atoms with Gasteiger partial charge < -0.3 is 9.64 Å². The van der Waals surface area contributed by atoms with Gasteiger partial charge in [0.2, 0.25) is 0 Å². The van der Waals surface area contributed by atoms with Crippen LogP contribution < -0.4 is 0 Å². The Hall–Kier alpha value is -0.610. The average Bonchev–Trinajstić information content (AvgIpc) is 2.39. The number of ether oxygens (including phenoxy) is 1. The summed E-state index contributed by atoms with van der Waals surface area (Å²) in [7, 11) is 2.15. The summed E-state index contributed by atoms with van der Waals surface area (Å²) in [5.41, 5.74) is 0. The van der Waals surface area contributed by atoms with E-state index < -0.39 is 0 Å². The van der Waals surface area contributed by atoms with Gasteiger partial charge >= 0.3 is 5.97 Å². The lowest BCUT2D eigenvalue weighted by Crippen LogP contribution is -2.43. The smallest absolute Gasteiger partial charge is 0.320 e. The Kier molecular flexibility index (Phi) is 5.92. The highest BCUT2D eigenvalue weighted by molar-refractivity contribution is 5.71. The number of likely N-dealkylation sites (N-methyl/N-ethyl adjacent to an activating group) is 1. The minimum Gasteiger partial charge on any atom is -0.462 e. The second-order valence-corrected chi connectivity index (χ2v) is 5.19. The minimum atomic E-state index is -0.0944. The lowest BCUT2D eigenvalue weighted by Gasteiger charge is -2.29. The molecule has 4 heteroatoms. The summed E-state index contributed by atoms with van der Waals surface area (Å²) >= 11 is 0. The number of rotatable bonds is 4. The van der Waals surface area contributed by atoms with Crippen molar-refractivity contribution in [2.75, 3.05) is 33.2 Å². The Balaban J connectivity index is 2.51. The third-order valence-corrected chi connectivity index (χ3v) is 3.19. The van der Waals surface area contributed by atoms with Gasteiger partial charge in [-0.15, -0.1) is 0 Å². The molecular formula is C13H26N2O2. The summed E-state index contributed by atoms with van der Waals surface area (Å²) in [5, 5.41) is 0. The van der Waals surface area contributed by atoms with Crippen LogP contribution in [-0.4, -0.2) is 61.1 Å². The number of hydrogen-bond donors (Lipinski definition) is 0. The first-order valence-corrected chi connectivity index (χ1v) is 6.65. The highest BCUT2D eigenvalue weighted by Crippen LogP contribution is 2.12. The molecule has 1 aliphatic heterocycles. The molecule has 0 aromatic carbocycles. The fraction of sp³-hybridized carbons (Fsp3) is 0.923. The molecule has 0 saturated carbocycles. The van der Waals surface area contributed by atoms with Gasteiger partial charge in [0.1, 0.15) is 0 Å². The van der Waals surface area contributed by atoms with Crippen LogP contribution in [-0.2, 0) is 9.53 Å². The van der Waals surface area contributed by atoms with Crippen molar-refractivity contribution in [2.24, 2.45) is 0 Å². The molecule has 1 unspecified atom stereocenters. The predicted octanol–water partition coefficient (Wildman–Crippen LogP) is 1.35. The molecular weight excluding hydrogens is 216 g/mol. The highest BCUT2D eigenvalue weighted by Gasteiger charge is 2.24. The summed E-state index contributed by atoms with van der Waals surface area (Å²) in [6.07, 6.45) is 2.19. The summed E-state index contributed by atoms with van der Waals surface area (Å²) < 4.78 is 5.22. The fourth-order valence-corrected chi connectivity index (χ4v) is 2.35. The standard InChI is InChI=1S/C13H26N2O2/c1-5-12-9-14(4)7-6-8-15(12)10-13(16)17-11(2)3/h11-12H,5-10H2,1-4H3. The highest BCUT2D eigenvalue weighted by atomic mass is 16.5. The summed E-state index contributed by atoms with van der Waals surface area (Å²) in [4.78, 5) is 16.3. The normalized spacial score (nSPS) is 23.7. The Morgan fingerprint density at radius 2 is 2.12 bits per heavy atom. The maximum atomic E-state index is 11.7. The third-order valence-electron chi connectivity index (χ3n) is 3.19. The van der Waals surface area contributed by atoms with Crippen molar-refractivity contribution in [3.63, 3.8) is 0 Å². The van der Waals surface area contributed by atoms with Crippen molar-refractivity contribution < 1.29 is 9.53 Å². The zero-order valence-electron chi connectivity index (χ0n) is 11.6. The number of esters is 1. The molecule has 4 nitrogen and oxygen atoms in total. The van der Waals surface area contributed by atoms with Crippen LogP contribution in [0.3, 0.4) is 0 Å². The van der Waals surface area contributed by atoms with Gasteiger partial charge in [-0.1, -0.05) is 6.92 Å². The molecule has 1 rings (SSSR count). The quantitative estimate of drug-likeness (QED) is 0.697. The van der Waals surface area contributed by atoms with Gasteiger partial charge in [0.25, 0.3) is 0 Å². The first-order valence-electron chi connectivity index (χ1n) is 6.65. The van der Waals surface area contributed by atoms with Crippen LogP contribution in [0.5, 0.6) is 0 Å². The van der Waals surface area contributed by atoms with Gasteiger partial charge in [-0.25, -0.2) is 0 Å². The molecule has 0 aliphatic carbocycles. The van der Waals surface area contributed by atoms with Crippen LogP contribution >= 0.6 is 0 Å². The van der Waals surface area contributed by atoms with E-state index >= 15 is 0 Å². The van der Waals surface area contributed by atoms with Crippen LogP contribution in [0.4, 0.5) is 0 Å². The van der Waals surface area contributed by atoms with E-state index in [1.165, 1.54) is 0 Å². The number of nitrogens with zero attached hydrogens (tertiary/aromatic N) is 2. The van der Waals surface area contributed by atoms with Crippen molar-refractivity contribution in [2.45, 2.75) is 45.8 Å². The molecule has 1 fully saturated rings. The second-order valence-electron chi connectivity index (χ2n) is 5.19. The molecule has 100 valence electrons. The zero-order valence-corrected chi connectivity index (χ0v) is 11.6. The Morgan fingerprint density at radius 1 is 1.41 bits per heavy atom. The predicted molar refractivity (Wildman–Crippen MR) is 69.0 cm³/mol. The molecule has 0 spiro atoms. The van der Waals surface area contributed by atoms with Gasteiger partial charge in [-0.2, -0.15) is 0 Å². The Bertz CT molecular complexity index is 244. The van der Waals surface area contributed by atoms with Crippen molar-refractivity contribution >= 4 is 5.97 Å². The maximum Gasteiger partial charge on any atom is 0.320 e. The summed E-state index contributed by atoms with van der Waals surface area (Å²) in [5.74, 6) is -0.0944. The van der Waals surface area contributed by atoms with E-state index in [4.69, 9.17) is 4.74 Å². The lowest BCUT2D eigenvalue weighted by atomic mass is 10.2. The molecule has 1 aliphatic rings.